The first kappa shape index (κ1) is 14.8. The van der Waals surface area contributed by atoms with Crippen molar-refractivity contribution < 1.29 is 9.21 Å². The minimum absolute atomic E-state index is 0.0447. The maximum absolute atomic E-state index is 12.2. The molecule has 5 heteroatoms. The third-order valence-corrected chi connectivity index (χ3v) is 3.97. The van der Waals surface area contributed by atoms with E-state index in [-0.39, 0.29) is 5.91 Å². The topological polar surface area (TPSA) is 67.2 Å². The second-order valence-electron chi connectivity index (χ2n) is 5.87. The highest BCUT2D eigenvalue weighted by Crippen LogP contribution is 2.25. The fraction of sp³-hybridized carbons (Fsp3) is 0.412. The van der Waals surface area contributed by atoms with Gasteiger partial charge in [-0.05, 0) is 50.9 Å². The van der Waals surface area contributed by atoms with Crippen LogP contribution in [0.2, 0.25) is 0 Å². The Morgan fingerprint density at radius 2 is 2.32 bits per heavy atom. The molecule has 1 aromatic carbocycles. The molecule has 1 unspecified atom stereocenters. The van der Waals surface area contributed by atoms with E-state index in [1.807, 2.05) is 32.0 Å². The van der Waals surface area contributed by atoms with Gasteiger partial charge in [0.25, 0.3) is 0 Å². The monoisotopic (exact) mass is 299 g/mol. The van der Waals surface area contributed by atoms with E-state index in [9.17, 15) is 4.79 Å². The van der Waals surface area contributed by atoms with Crippen molar-refractivity contribution >= 4 is 11.6 Å². The molecule has 0 bridgehead atoms. The molecule has 2 N–H and O–H groups in total. The highest BCUT2D eigenvalue weighted by molar-refractivity contribution is 5.92. The SMILES string of the molecule is Cc1coc(-c2ccc(C)c(NC(=O)CC3CCCN3)c2)n1. The molecule has 1 fully saturated rings. The van der Waals surface area contributed by atoms with Gasteiger partial charge in [0.05, 0.1) is 5.69 Å². The first-order valence-electron chi connectivity index (χ1n) is 7.68. The lowest BCUT2D eigenvalue weighted by molar-refractivity contribution is -0.116. The van der Waals surface area contributed by atoms with E-state index in [2.05, 4.69) is 15.6 Å². The summed E-state index contributed by atoms with van der Waals surface area (Å²) in [6, 6.07) is 6.14. The highest BCUT2D eigenvalue weighted by Gasteiger charge is 2.18. The molecule has 2 heterocycles. The number of amides is 1. The predicted molar refractivity (Wildman–Crippen MR) is 85.7 cm³/mol. The van der Waals surface area contributed by atoms with Crippen molar-refractivity contribution in [1.29, 1.82) is 0 Å². The van der Waals surface area contributed by atoms with Crippen molar-refractivity contribution in [3.63, 3.8) is 0 Å². The largest absolute Gasteiger partial charge is 0.444 e. The fourth-order valence-electron chi connectivity index (χ4n) is 2.73. The lowest BCUT2D eigenvalue weighted by Crippen LogP contribution is -2.27. The molecule has 116 valence electrons. The van der Waals surface area contributed by atoms with Gasteiger partial charge in [0.15, 0.2) is 0 Å². The van der Waals surface area contributed by atoms with Gasteiger partial charge in [0.1, 0.15) is 6.26 Å². The Morgan fingerprint density at radius 1 is 1.45 bits per heavy atom. The maximum atomic E-state index is 12.2. The summed E-state index contributed by atoms with van der Waals surface area (Å²) in [7, 11) is 0. The van der Waals surface area contributed by atoms with Crippen molar-refractivity contribution in [1.82, 2.24) is 10.3 Å². The average Bonchev–Trinajstić information content (AvgIpc) is 3.13. The Balaban J connectivity index is 1.73. The van der Waals surface area contributed by atoms with Crippen LogP contribution < -0.4 is 10.6 Å². The third kappa shape index (κ3) is 3.36. The molecule has 3 rings (SSSR count). The minimum Gasteiger partial charge on any atom is -0.444 e. The van der Waals surface area contributed by atoms with Gasteiger partial charge in [-0.25, -0.2) is 4.98 Å². The number of oxazole rings is 1. The van der Waals surface area contributed by atoms with Crippen LogP contribution in [0.3, 0.4) is 0 Å². The highest BCUT2D eigenvalue weighted by atomic mass is 16.3. The summed E-state index contributed by atoms with van der Waals surface area (Å²) in [5.74, 6) is 0.619. The molecular formula is C17H21N3O2. The van der Waals surface area contributed by atoms with Gasteiger partial charge in [-0.2, -0.15) is 0 Å². The number of hydrogen-bond acceptors (Lipinski definition) is 4. The molecule has 1 aromatic heterocycles. The molecule has 22 heavy (non-hydrogen) atoms. The summed E-state index contributed by atoms with van der Waals surface area (Å²) in [5, 5.41) is 6.35. The molecule has 0 radical (unpaired) electrons. The van der Waals surface area contributed by atoms with Crippen LogP contribution in [0.15, 0.2) is 28.9 Å². The Bertz CT molecular complexity index is 672. The van der Waals surface area contributed by atoms with Crippen molar-refractivity contribution in [2.45, 2.75) is 39.2 Å². The molecular weight excluding hydrogens is 278 g/mol. The number of hydrogen-bond donors (Lipinski definition) is 2. The standard InChI is InChI=1S/C17H21N3O2/c1-11-5-6-13(17-19-12(2)10-22-17)8-15(11)20-16(21)9-14-4-3-7-18-14/h5-6,8,10,14,18H,3-4,7,9H2,1-2H3,(H,20,21). The Hall–Kier alpha value is -2.14. The van der Waals surface area contributed by atoms with Crippen molar-refractivity contribution in [3.8, 4) is 11.5 Å². The Morgan fingerprint density at radius 3 is 3.00 bits per heavy atom. The number of nitrogens with one attached hydrogen (secondary N) is 2. The van der Waals surface area contributed by atoms with Crippen LogP contribution in [0.25, 0.3) is 11.5 Å². The summed E-state index contributed by atoms with van der Waals surface area (Å²) < 4.78 is 5.42. The zero-order chi connectivity index (χ0) is 15.5. The first-order valence-corrected chi connectivity index (χ1v) is 7.68. The summed E-state index contributed by atoms with van der Waals surface area (Å²) in [5.41, 5.74) is 3.55. The normalized spacial score (nSPS) is 17.6. The van der Waals surface area contributed by atoms with E-state index in [4.69, 9.17) is 4.42 Å². The number of carbonyl (C=O) groups excluding carboxylic acids is 1. The van der Waals surface area contributed by atoms with E-state index < -0.39 is 0 Å². The number of aromatic nitrogens is 1. The molecule has 1 aliphatic rings. The van der Waals surface area contributed by atoms with Gasteiger partial charge in [0.2, 0.25) is 11.8 Å². The van der Waals surface area contributed by atoms with E-state index in [0.29, 0.717) is 18.4 Å². The zero-order valence-electron chi connectivity index (χ0n) is 13.0. The number of carbonyl (C=O) groups is 1. The second kappa shape index (κ2) is 6.32. The summed E-state index contributed by atoms with van der Waals surface area (Å²) in [6.45, 7) is 4.88. The van der Waals surface area contributed by atoms with Crippen molar-refractivity contribution in [2.24, 2.45) is 0 Å². The van der Waals surface area contributed by atoms with Crippen LogP contribution in [0.5, 0.6) is 0 Å². The lowest BCUT2D eigenvalue weighted by Gasteiger charge is -2.12. The van der Waals surface area contributed by atoms with Crippen LogP contribution in [0.4, 0.5) is 5.69 Å². The molecule has 5 nitrogen and oxygen atoms in total. The maximum Gasteiger partial charge on any atom is 0.226 e. The summed E-state index contributed by atoms with van der Waals surface area (Å²) in [6.07, 6.45) is 4.36. The minimum atomic E-state index is 0.0447. The van der Waals surface area contributed by atoms with Crippen LogP contribution in [0.1, 0.15) is 30.5 Å². The van der Waals surface area contributed by atoms with Gasteiger partial charge in [-0.3, -0.25) is 4.79 Å². The molecule has 1 atom stereocenters. The average molecular weight is 299 g/mol. The van der Waals surface area contributed by atoms with Crippen LogP contribution in [0, 0.1) is 13.8 Å². The predicted octanol–water partition coefficient (Wildman–Crippen LogP) is 3.04. The third-order valence-electron chi connectivity index (χ3n) is 3.97. The van der Waals surface area contributed by atoms with Crippen LogP contribution in [-0.4, -0.2) is 23.5 Å². The zero-order valence-corrected chi connectivity index (χ0v) is 13.0. The molecule has 0 aliphatic carbocycles. The molecule has 0 spiro atoms. The smallest absolute Gasteiger partial charge is 0.226 e. The van der Waals surface area contributed by atoms with E-state index >= 15 is 0 Å². The van der Waals surface area contributed by atoms with Crippen LogP contribution >= 0.6 is 0 Å². The van der Waals surface area contributed by atoms with E-state index in [1.54, 1.807) is 6.26 Å². The Labute approximate surface area is 130 Å². The lowest BCUT2D eigenvalue weighted by atomic mass is 10.1. The molecule has 2 aromatic rings. The number of rotatable bonds is 4. The number of nitrogens with zero attached hydrogens (tertiary/aromatic N) is 1. The van der Waals surface area contributed by atoms with Gasteiger partial charge in [0, 0.05) is 23.7 Å². The molecule has 0 saturated carbocycles. The number of anilines is 1. The van der Waals surface area contributed by atoms with Gasteiger partial charge >= 0.3 is 0 Å². The van der Waals surface area contributed by atoms with Crippen molar-refractivity contribution in [3.05, 3.63) is 35.7 Å². The Kier molecular flexibility index (Phi) is 4.24. The van der Waals surface area contributed by atoms with E-state index in [0.717, 1.165) is 41.9 Å². The molecule has 1 saturated heterocycles. The molecule has 1 aliphatic heterocycles. The molecule has 1 amide bonds. The fourth-order valence-corrected chi connectivity index (χ4v) is 2.73. The second-order valence-corrected chi connectivity index (χ2v) is 5.87. The van der Waals surface area contributed by atoms with Gasteiger partial charge in [-0.1, -0.05) is 6.07 Å². The quantitative estimate of drug-likeness (QED) is 0.910. The number of aryl methyl sites for hydroxylation is 2. The number of benzene rings is 1. The summed E-state index contributed by atoms with van der Waals surface area (Å²) >= 11 is 0. The summed E-state index contributed by atoms with van der Waals surface area (Å²) in [4.78, 5) is 16.5. The van der Waals surface area contributed by atoms with Crippen LogP contribution in [-0.2, 0) is 4.79 Å². The van der Waals surface area contributed by atoms with E-state index in [1.165, 1.54) is 0 Å². The van der Waals surface area contributed by atoms with Crippen molar-refractivity contribution in [2.75, 3.05) is 11.9 Å². The first-order chi connectivity index (χ1) is 10.6. The van der Waals surface area contributed by atoms with Gasteiger partial charge < -0.3 is 15.1 Å². The van der Waals surface area contributed by atoms with Gasteiger partial charge in [-0.15, -0.1) is 0 Å².